The van der Waals surface area contributed by atoms with E-state index in [4.69, 9.17) is 5.73 Å². The molecule has 4 heteroatoms. The molecule has 1 aromatic carbocycles. The molecule has 14 heavy (non-hydrogen) atoms. The standard InChI is InChI=1S/C10H15NO2S/c1-7(2)14(12,13)10-6-8(3)4-5-9(10)11/h4-7H,11H2,1-3H3. The highest BCUT2D eigenvalue weighted by atomic mass is 32.2. The first-order valence-corrected chi connectivity index (χ1v) is 6.00. The lowest BCUT2D eigenvalue weighted by molar-refractivity contribution is 0.587. The van der Waals surface area contributed by atoms with Crippen LogP contribution in [0.5, 0.6) is 0 Å². The molecule has 0 aliphatic heterocycles. The van der Waals surface area contributed by atoms with E-state index in [1.54, 1.807) is 32.0 Å². The van der Waals surface area contributed by atoms with Crippen molar-refractivity contribution in [2.24, 2.45) is 0 Å². The second-order valence-corrected chi connectivity index (χ2v) is 6.11. The predicted octanol–water partition coefficient (Wildman–Crippen LogP) is 1.76. The average molecular weight is 213 g/mol. The van der Waals surface area contributed by atoms with Gasteiger partial charge in [0.25, 0.3) is 0 Å². The molecule has 1 aromatic rings. The summed E-state index contributed by atoms with van der Waals surface area (Å²) in [6, 6.07) is 5.05. The van der Waals surface area contributed by atoms with Crippen LogP contribution in [0, 0.1) is 6.92 Å². The van der Waals surface area contributed by atoms with Gasteiger partial charge < -0.3 is 5.73 Å². The molecular weight excluding hydrogens is 198 g/mol. The fourth-order valence-electron chi connectivity index (χ4n) is 1.14. The largest absolute Gasteiger partial charge is 0.398 e. The van der Waals surface area contributed by atoms with Gasteiger partial charge in [-0.05, 0) is 38.5 Å². The number of nitrogen functional groups attached to an aromatic ring is 1. The Labute approximate surface area is 84.9 Å². The van der Waals surface area contributed by atoms with Crippen molar-refractivity contribution in [1.29, 1.82) is 0 Å². The number of hydrogen-bond acceptors (Lipinski definition) is 3. The van der Waals surface area contributed by atoms with Crippen molar-refractivity contribution in [3.63, 3.8) is 0 Å². The zero-order valence-corrected chi connectivity index (χ0v) is 9.43. The molecule has 0 aromatic heterocycles. The lowest BCUT2D eigenvalue weighted by atomic mass is 10.2. The van der Waals surface area contributed by atoms with Gasteiger partial charge in [0, 0.05) is 0 Å². The minimum Gasteiger partial charge on any atom is -0.398 e. The number of benzene rings is 1. The van der Waals surface area contributed by atoms with Crippen molar-refractivity contribution in [2.75, 3.05) is 5.73 Å². The smallest absolute Gasteiger partial charge is 0.182 e. The summed E-state index contributed by atoms with van der Waals surface area (Å²) in [5.74, 6) is 0. The third kappa shape index (κ3) is 1.90. The van der Waals surface area contributed by atoms with E-state index in [2.05, 4.69) is 0 Å². The zero-order chi connectivity index (χ0) is 10.9. The summed E-state index contributed by atoms with van der Waals surface area (Å²) in [6.07, 6.45) is 0. The monoisotopic (exact) mass is 213 g/mol. The Morgan fingerprint density at radius 3 is 2.36 bits per heavy atom. The number of rotatable bonds is 2. The molecule has 1 rings (SSSR count). The van der Waals surface area contributed by atoms with Crippen LogP contribution in [-0.2, 0) is 9.84 Å². The van der Waals surface area contributed by atoms with Gasteiger partial charge in [-0.2, -0.15) is 0 Å². The Hall–Kier alpha value is -1.03. The van der Waals surface area contributed by atoms with Crippen LogP contribution >= 0.6 is 0 Å². The fourth-order valence-corrected chi connectivity index (χ4v) is 2.40. The minimum atomic E-state index is -3.26. The maximum absolute atomic E-state index is 11.8. The second kappa shape index (κ2) is 3.61. The summed E-state index contributed by atoms with van der Waals surface area (Å²) in [7, 11) is -3.26. The van der Waals surface area contributed by atoms with Crippen LogP contribution in [0.1, 0.15) is 19.4 Å². The van der Waals surface area contributed by atoms with Crippen molar-refractivity contribution in [1.82, 2.24) is 0 Å². The molecule has 0 amide bonds. The van der Waals surface area contributed by atoms with Crippen LogP contribution in [0.3, 0.4) is 0 Å². The van der Waals surface area contributed by atoms with Gasteiger partial charge in [0.05, 0.1) is 15.8 Å². The van der Waals surface area contributed by atoms with E-state index in [-0.39, 0.29) is 4.90 Å². The lowest BCUT2D eigenvalue weighted by Gasteiger charge is -2.10. The van der Waals surface area contributed by atoms with Crippen molar-refractivity contribution in [3.8, 4) is 0 Å². The van der Waals surface area contributed by atoms with Crippen LogP contribution in [0.4, 0.5) is 5.69 Å². The van der Waals surface area contributed by atoms with Gasteiger partial charge in [0.2, 0.25) is 0 Å². The van der Waals surface area contributed by atoms with E-state index in [1.807, 2.05) is 6.92 Å². The summed E-state index contributed by atoms with van der Waals surface area (Å²) >= 11 is 0. The van der Waals surface area contributed by atoms with Crippen LogP contribution in [-0.4, -0.2) is 13.7 Å². The molecule has 0 unspecified atom stereocenters. The van der Waals surface area contributed by atoms with Gasteiger partial charge in [-0.15, -0.1) is 0 Å². The zero-order valence-electron chi connectivity index (χ0n) is 8.61. The van der Waals surface area contributed by atoms with Crippen LogP contribution < -0.4 is 5.73 Å². The van der Waals surface area contributed by atoms with Gasteiger partial charge in [0.15, 0.2) is 9.84 Å². The molecule has 0 fully saturated rings. The number of sulfone groups is 1. The summed E-state index contributed by atoms with van der Waals surface area (Å²) < 4.78 is 23.6. The summed E-state index contributed by atoms with van der Waals surface area (Å²) in [5.41, 5.74) is 6.86. The van der Waals surface area contributed by atoms with Crippen molar-refractivity contribution in [2.45, 2.75) is 30.9 Å². The summed E-state index contributed by atoms with van der Waals surface area (Å²) in [6.45, 7) is 5.15. The van der Waals surface area contributed by atoms with Gasteiger partial charge in [-0.3, -0.25) is 0 Å². The van der Waals surface area contributed by atoms with Crippen molar-refractivity contribution >= 4 is 15.5 Å². The van der Waals surface area contributed by atoms with E-state index >= 15 is 0 Å². The third-order valence-corrected chi connectivity index (χ3v) is 4.30. The van der Waals surface area contributed by atoms with Crippen LogP contribution in [0.25, 0.3) is 0 Å². The van der Waals surface area contributed by atoms with Gasteiger partial charge >= 0.3 is 0 Å². The van der Waals surface area contributed by atoms with Crippen molar-refractivity contribution in [3.05, 3.63) is 23.8 Å². The average Bonchev–Trinajstić information content (AvgIpc) is 2.08. The Morgan fingerprint density at radius 2 is 1.86 bits per heavy atom. The number of hydrogen-bond donors (Lipinski definition) is 1. The molecule has 0 saturated carbocycles. The molecular formula is C10H15NO2S. The first kappa shape index (κ1) is 11.0. The Morgan fingerprint density at radius 1 is 1.29 bits per heavy atom. The quantitative estimate of drug-likeness (QED) is 0.761. The molecule has 0 spiro atoms. The van der Waals surface area contributed by atoms with E-state index in [1.165, 1.54) is 0 Å². The topological polar surface area (TPSA) is 60.2 Å². The Kier molecular flexibility index (Phi) is 2.85. The molecule has 0 aliphatic rings. The number of aryl methyl sites for hydroxylation is 1. The Balaban J connectivity index is 3.40. The predicted molar refractivity (Wildman–Crippen MR) is 57.9 cm³/mol. The number of anilines is 1. The van der Waals surface area contributed by atoms with Gasteiger partial charge in [0.1, 0.15) is 0 Å². The highest BCUT2D eigenvalue weighted by Gasteiger charge is 2.21. The molecule has 0 saturated heterocycles. The van der Waals surface area contributed by atoms with Gasteiger partial charge in [-0.25, -0.2) is 8.42 Å². The minimum absolute atomic E-state index is 0.243. The van der Waals surface area contributed by atoms with Gasteiger partial charge in [-0.1, -0.05) is 6.07 Å². The molecule has 0 atom stereocenters. The van der Waals surface area contributed by atoms with E-state index in [0.717, 1.165) is 5.56 Å². The summed E-state index contributed by atoms with van der Waals surface area (Å²) in [4.78, 5) is 0.243. The van der Waals surface area contributed by atoms with Crippen molar-refractivity contribution < 1.29 is 8.42 Å². The first-order valence-electron chi connectivity index (χ1n) is 4.45. The van der Waals surface area contributed by atoms with E-state index in [0.29, 0.717) is 5.69 Å². The molecule has 3 nitrogen and oxygen atoms in total. The molecule has 78 valence electrons. The van der Waals surface area contributed by atoms with E-state index < -0.39 is 15.1 Å². The van der Waals surface area contributed by atoms with Crippen LogP contribution in [0.2, 0.25) is 0 Å². The number of nitrogens with two attached hydrogens (primary N) is 1. The fraction of sp³-hybridized carbons (Fsp3) is 0.400. The van der Waals surface area contributed by atoms with E-state index in [9.17, 15) is 8.42 Å². The lowest BCUT2D eigenvalue weighted by Crippen LogP contribution is -2.15. The maximum atomic E-state index is 11.8. The molecule has 0 aliphatic carbocycles. The second-order valence-electron chi connectivity index (χ2n) is 3.64. The first-order chi connectivity index (χ1) is 6.35. The molecule has 0 bridgehead atoms. The molecule has 2 N–H and O–H groups in total. The highest BCUT2D eigenvalue weighted by molar-refractivity contribution is 7.92. The third-order valence-electron chi connectivity index (χ3n) is 2.10. The molecule has 0 heterocycles. The summed E-state index contributed by atoms with van der Waals surface area (Å²) in [5, 5.41) is -0.438. The maximum Gasteiger partial charge on any atom is 0.182 e. The highest BCUT2D eigenvalue weighted by Crippen LogP contribution is 2.23. The normalized spacial score (nSPS) is 12.0. The SMILES string of the molecule is Cc1ccc(N)c(S(=O)(=O)C(C)C)c1. The molecule has 0 radical (unpaired) electrons. The van der Waals surface area contributed by atoms with Crippen LogP contribution in [0.15, 0.2) is 23.1 Å². The Bertz CT molecular complexity index is 435.